The Kier molecular flexibility index (Phi) is 7.83. The van der Waals surface area contributed by atoms with Crippen molar-refractivity contribution in [2.45, 2.75) is 20.8 Å². The average Bonchev–Trinajstić information content (AvgIpc) is 3.19. The van der Waals surface area contributed by atoms with Crippen LogP contribution in [0.3, 0.4) is 0 Å². The molecular weight excluding hydrogens is 413 g/mol. The molecule has 32 heavy (non-hydrogen) atoms. The summed E-state index contributed by atoms with van der Waals surface area (Å²) in [4.78, 5) is 15.3. The first-order chi connectivity index (χ1) is 15.5. The van der Waals surface area contributed by atoms with Gasteiger partial charge in [0.25, 0.3) is 5.91 Å². The number of likely N-dealkylation sites (N-methyl/N-ethyl adjacent to an activating group) is 1. The van der Waals surface area contributed by atoms with Crippen molar-refractivity contribution in [2.24, 2.45) is 0 Å². The van der Waals surface area contributed by atoms with E-state index < -0.39 is 0 Å². The molecule has 1 heterocycles. The number of benzene rings is 2. The van der Waals surface area contributed by atoms with Gasteiger partial charge in [0.05, 0.1) is 7.11 Å². The minimum Gasteiger partial charge on any atom is -0.493 e. The highest BCUT2D eigenvalue weighted by atomic mass is 19.1. The molecule has 3 aromatic rings. The fourth-order valence-corrected chi connectivity index (χ4v) is 3.33. The minimum absolute atomic E-state index is 0.288. The van der Waals surface area contributed by atoms with Crippen molar-refractivity contribution in [2.75, 3.05) is 38.7 Å². The highest BCUT2D eigenvalue weighted by Gasteiger charge is 2.22. The zero-order valence-electron chi connectivity index (χ0n) is 18.8. The summed E-state index contributed by atoms with van der Waals surface area (Å²) in [5.41, 5.74) is 1.77. The van der Waals surface area contributed by atoms with Crippen LogP contribution in [0.15, 0.2) is 47.0 Å². The molecular formula is C24H28FN3O4. The maximum atomic E-state index is 13.3. The van der Waals surface area contributed by atoms with E-state index in [9.17, 15) is 9.18 Å². The quantitative estimate of drug-likeness (QED) is 0.488. The summed E-state index contributed by atoms with van der Waals surface area (Å²) >= 11 is 0. The molecule has 0 aliphatic heterocycles. The fraction of sp³-hybridized carbons (Fsp3) is 0.333. The molecule has 0 atom stereocenters. The zero-order valence-corrected chi connectivity index (χ0v) is 18.8. The van der Waals surface area contributed by atoms with Crippen molar-refractivity contribution in [3.05, 3.63) is 59.6 Å². The molecule has 0 radical (unpaired) electrons. The Morgan fingerprint density at radius 3 is 2.50 bits per heavy atom. The normalized spacial score (nSPS) is 10.9. The molecule has 3 rings (SSSR count). The highest BCUT2D eigenvalue weighted by Crippen LogP contribution is 2.31. The van der Waals surface area contributed by atoms with E-state index >= 15 is 0 Å². The van der Waals surface area contributed by atoms with Gasteiger partial charge >= 0.3 is 0 Å². The Morgan fingerprint density at radius 1 is 1.12 bits per heavy atom. The van der Waals surface area contributed by atoms with Crippen molar-refractivity contribution in [3.63, 3.8) is 0 Å². The van der Waals surface area contributed by atoms with Gasteiger partial charge in [-0.3, -0.25) is 4.79 Å². The van der Waals surface area contributed by atoms with Crippen LogP contribution in [0.25, 0.3) is 11.3 Å². The summed E-state index contributed by atoms with van der Waals surface area (Å²) in [6, 6.07) is 10.9. The number of amides is 1. The molecule has 8 heteroatoms. The lowest BCUT2D eigenvalue weighted by Crippen LogP contribution is -2.28. The Balaban J connectivity index is 1.78. The Hall–Kier alpha value is -3.39. The summed E-state index contributed by atoms with van der Waals surface area (Å²) in [6.07, 6.45) is 0. The van der Waals surface area contributed by atoms with Crippen LogP contribution >= 0.6 is 0 Å². The number of hydrogen-bond donors (Lipinski definition) is 1. The van der Waals surface area contributed by atoms with Crippen LogP contribution < -0.4 is 14.8 Å². The first-order valence-corrected chi connectivity index (χ1v) is 10.5. The van der Waals surface area contributed by atoms with Gasteiger partial charge in [0.1, 0.15) is 29.4 Å². The monoisotopic (exact) mass is 441 g/mol. The number of hydrogen-bond acceptors (Lipinski definition) is 6. The number of aromatic nitrogens is 1. The van der Waals surface area contributed by atoms with E-state index in [2.05, 4.69) is 29.2 Å². The molecule has 0 bridgehead atoms. The molecule has 2 aromatic carbocycles. The number of rotatable bonds is 10. The number of carbonyl (C=O) groups is 1. The number of nitrogens with one attached hydrogen (secondary N) is 1. The topological polar surface area (TPSA) is 76.8 Å². The molecule has 170 valence electrons. The maximum Gasteiger partial charge on any atom is 0.261 e. The Morgan fingerprint density at radius 2 is 1.84 bits per heavy atom. The van der Waals surface area contributed by atoms with Crippen LogP contribution in [0, 0.1) is 12.7 Å². The molecule has 7 nitrogen and oxygen atoms in total. The second kappa shape index (κ2) is 10.8. The molecule has 1 N–H and O–H groups in total. The van der Waals surface area contributed by atoms with Crippen LogP contribution in [0.5, 0.6) is 11.5 Å². The molecule has 1 amide bonds. The molecule has 1 aromatic heterocycles. The second-order valence-electron chi connectivity index (χ2n) is 7.16. The Labute approximate surface area is 187 Å². The van der Waals surface area contributed by atoms with Crippen molar-refractivity contribution in [3.8, 4) is 22.8 Å². The van der Waals surface area contributed by atoms with Crippen LogP contribution in [-0.4, -0.2) is 49.3 Å². The van der Waals surface area contributed by atoms with E-state index in [1.807, 2.05) is 0 Å². The third-order valence-electron chi connectivity index (χ3n) is 5.19. The van der Waals surface area contributed by atoms with E-state index in [4.69, 9.17) is 14.0 Å². The molecule has 0 aliphatic rings. The van der Waals surface area contributed by atoms with Crippen LogP contribution in [0.4, 0.5) is 10.1 Å². The van der Waals surface area contributed by atoms with Gasteiger partial charge in [-0.15, -0.1) is 0 Å². The summed E-state index contributed by atoms with van der Waals surface area (Å²) in [5, 5.41) is 6.85. The molecule has 0 spiro atoms. The van der Waals surface area contributed by atoms with Crippen molar-refractivity contribution >= 4 is 11.6 Å². The summed E-state index contributed by atoms with van der Waals surface area (Å²) in [5.74, 6) is 0.731. The van der Waals surface area contributed by atoms with Gasteiger partial charge in [-0.2, -0.15) is 0 Å². The van der Waals surface area contributed by atoms with E-state index in [0.717, 1.165) is 19.6 Å². The van der Waals surface area contributed by atoms with Gasteiger partial charge in [-0.05, 0) is 56.4 Å². The number of ether oxygens (including phenoxy) is 2. The third-order valence-corrected chi connectivity index (χ3v) is 5.19. The molecule has 0 aliphatic carbocycles. The highest BCUT2D eigenvalue weighted by molar-refractivity contribution is 6.08. The molecule has 0 fully saturated rings. The second-order valence-corrected chi connectivity index (χ2v) is 7.16. The van der Waals surface area contributed by atoms with Crippen LogP contribution in [0.1, 0.15) is 30.0 Å². The fourth-order valence-electron chi connectivity index (χ4n) is 3.33. The first-order valence-electron chi connectivity index (χ1n) is 10.5. The molecule has 0 unspecified atom stereocenters. The number of aryl methyl sites for hydroxylation is 1. The van der Waals surface area contributed by atoms with Gasteiger partial charge in [0.15, 0.2) is 11.5 Å². The van der Waals surface area contributed by atoms with Gasteiger partial charge in [-0.25, -0.2) is 4.39 Å². The van der Waals surface area contributed by atoms with Gasteiger partial charge in [0, 0.05) is 23.9 Å². The summed E-state index contributed by atoms with van der Waals surface area (Å²) in [6.45, 7) is 9.04. The SMILES string of the molecule is CCN(CC)CCOc1cc(NC(=O)c2c(-c3ccc(F)cc3)noc2C)ccc1OC. The first kappa shape index (κ1) is 23.3. The van der Waals surface area contributed by atoms with Crippen LogP contribution in [0.2, 0.25) is 0 Å². The van der Waals surface area contributed by atoms with Gasteiger partial charge in [-0.1, -0.05) is 19.0 Å². The van der Waals surface area contributed by atoms with E-state index in [-0.39, 0.29) is 17.3 Å². The zero-order chi connectivity index (χ0) is 23.1. The van der Waals surface area contributed by atoms with Gasteiger partial charge < -0.3 is 24.2 Å². The predicted molar refractivity (Wildman–Crippen MR) is 121 cm³/mol. The average molecular weight is 442 g/mol. The largest absolute Gasteiger partial charge is 0.493 e. The standard InChI is InChI=1S/C24H28FN3O4/c1-5-28(6-2)13-14-31-21-15-19(11-12-20(21)30-4)26-24(29)22-16(3)32-27-23(22)17-7-9-18(25)10-8-17/h7-12,15H,5-6,13-14H2,1-4H3,(H,26,29). The lowest BCUT2D eigenvalue weighted by molar-refractivity contribution is 0.102. The maximum absolute atomic E-state index is 13.3. The molecule has 0 saturated carbocycles. The minimum atomic E-state index is -0.387. The van der Waals surface area contributed by atoms with Gasteiger partial charge in [0.2, 0.25) is 0 Å². The number of nitrogens with zero attached hydrogens (tertiary/aromatic N) is 2. The number of halogens is 1. The Bertz CT molecular complexity index is 1050. The van der Waals surface area contributed by atoms with E-state index in [0.29, 0.717) is 40.8 Å². The summed E-state index contributed by atoms with van der Waals surface area (Å²) < 4.78 is 29.8. The van der Waals surface area contributed by atoms with Crippen molar-refractivity contribution < 1.29 is 23.2 Å². The van der Waals surface area contributed by atoms with Crippen molar-refractivity contribution in [1.82, 2.24) is 10.1 Å². The third kappa shape index (κ3) is 5.45. The predicted octanol–water partition coefficient (Wildman–Crippen LogP) is 4.77. The number of carbonyl (C=O) groups excluding carboxylic acids is 1. The van der Waals surface area contributed by atoms with Crippen LogP contribution in [-0.2, 0) is 0 Å². The van der Waals surface area contributed by atoms with Crippen molar-refractivity contribution in [1.29, 1.82) is 0 Å². The lowest BCUT2D eigenvalue weighted by Gasteiger charge is -2.19. The smallest absolute Gasteiger partial charge is 0.261 e. The summed E-state index contributed by atoms with van der Waals surface area (Å²) in [7, 11) is 1.57. The lowest BCUT2D eigenvalue weighted by atomic mass is 10.1. The molecule has 0 saturated heterocycles. The van der Waals surface area contributed by atoms with E-state index in [1.54, 1.807) is 44.4 Å². The number of methoxy groups -OCH3 is 1. The number of anilines is 1. The van der Waals surface area contributed by atoms with E-state index in [1.165, 1.54) is 12.1 Å².